The standard InChI is InChI=1S/C19H22N2O2/c1-2-17(19(23-10-1)15-5-8-20-9-6-15)21-13-14-3-4-18-16(12-14)7-11-22-18/h3-6,8-9,12,17,19,21H,1-2,7,10-11,13H2/t17-,19+/m0/s1. The number of nitrogens with zero attached hydrogens (tertiary/aromatic N) is 1. The topological polar surface area (TPSA) is 43.4 Å². The van der Waals surface area contributed by atoms with Gasteiger partial charge in [-0.05, 0) is 47.7 Å². The van der Waals surface area contributed by atoms with E-state index in [1.807, 2.05) is 12.4 Å². The third kappa shape index (κ3) is 3.23. The molecule has 2 atom stereocenters. The largest absolute Gasteiger partial charge is 0.493 e. The molecule has 23 heavy (non-hydrogen) atoms. The Morgan fingerprint density at radius 2 is 2.04 bits per heavy atom. The zero-order valence-corrected chi connectivity index (χ0v) is 13.2. The Bertz CT molecular complexity index is 660. The van der Waals surface area contributed by atoms with E-state index in [9.17, 15) is 0 Å². The Morgan fingerprint density at radius 3 is 2.96 bits per heavy atom. The zero-order chi connectivity index (χ0) is 15.5. The molecule has 0 unspecified atom stereocenters. The first-order valence-corrected chi connectivity index (χ1v) is 8.40. The van der Waals surface area contributed by atoms with Gasteiger partial charge in [-0.2, -0.15) is 0 Å². The van der Waals surface area contributed by atoms with Gasteiger partial charge in [-0.15, -0.1) is 0 Å². The number of hydrogen-bond acceptors (Lipinski definition) is 4. The Hall–Kier alpha value is -1.91. The summed E-state index contributed by atoms with van der Waals surface area (Å²) in [4.78, 5) is 4.10. The van der Waals surface area contributed by atoms with Crippen molar-refractivity contribution in [3.63, 3.8) is 0 Å². The molecule has 1 saturated heterocycles. The van der Waals surface area contributed by atoms with Crippen LogP contribution in [0.25, 0.3) is 0 Å². The molecule has 0 amide bonds. The van der Waals surface area contributed by atoms with Crippen LogP contribution in [0.1, 0.15) is 35.6 Å². The van der Waals surface area contributed by atoms with Gasteiger partial charge >= 0.3 is 0 Å². The minimum atomic E-state index is 0.115. The van der Waals surface area contributed by atoms with Crippen molar-refractivity contribution in [3.8, 4) is 5.75 Å². The molecule has 4 heteroatoms. The second kappa shape index (κ2) is 6.69. The molecule has 120 valence electrons. The molecule has 2 aliphatic rings. The lowest BCUT2D eigenvalue weighted by atomic mass is 9.96. The fourth-order valence-electron chi connectivity index (χ4n) is 3.47. The molecule has 1 aromatic carbocycles. The van der Waals surface area contributed by atoms with Crippen molar-refractivity contribution in [2.45, 2.75) is 38.0 Å². The van der Waals surface area contributed by atoms with Crippen LogP contribution >= 0.6 is 0 Å². The van der Waals surface area contributed by atoms with Crippen molar-refractivity contribution in [3.05, 3.63) is 59.4 Å². The quantitative estimate of drug-likeness (QED) is 0.943. The molecule has 0 bridgehead atoms. The normalized spacial score (nSPS) is 23.3. The summed E-state index contributed by atoms with van der Waals surface area (Å²) in [6, 6.07) is 11.0. The second-order valence-electron chi connectivity index (χ2n) is 6.24. The number of ether oxygens (including phenoxy) is 2. The molecule has 2 aliphatic heterocycles. The third-order valence-corrected chi connectivity index (χ3v) is 4.68. The highest BCUT2D eigenvalue weighted by atomic mass is 16.5. The highest BCUT2D eigenvalue weighted by molar-refractivity contribution is 5.39. The lowest BCUT2D eigenvalue weighted by molar-refractivity contribution is -0.0112. The maximum absolute atomic E-state index is 6.03. The number of fused-ring (bicyclic) bond motifs is 1. The van der Waals surface area contributed by atoms with Crippen LogP contribution in [-0.2, 0) is 17.7 Å². The van der Waals surface area contributed by atoms with Gasteiger partial charge in [0.2, 0.25) is 0 Å². The molecule has 1 N–H and O–H groups in total. The minimum absolute atomic E-state index is 0.115. The molecule has 1 aromatic heterocycles. The molecule has 2 aromatic rings. The summed E-state index contributed by atoms with van der Waals surface area (Å²) >= 11 is 0. The maximum atomic E-state index is 6.03. The van der Waals surface area contributed by atoms with Gasteiger partial charge in [0.1, 0.15) is 5.75 Å². The monoisotopic (exact) mass is 310 g/mol. The van der Waals surface area contributed by atoms with E-state index in [-0.39, 0.29) is 6.10 Å². The van der Waals surface area contributed by atoms with Crippen LogP contribution in [0.2, 0.25) is 0 Å². The fourth-order valence-corrected chi connectivity index (χ4v) is 3.47. The van der Waals surface area contributed by atoms with Crippen molar-refractivity contribution in [2.75, 3.05) is 13.2 Å². The van der Waals surface area contributed by atoms with Crippen LogP contribution in [0, 0.1) is 0 Å². The molecule has 0 aliphatic carbocycles. The summed E-state index contributed by atoms with van der Waals surface area (Å²) in [7, 11) is 0. The van der Waals surface area contributed by atoms with Crippen LogP contribution in [0.15, 0.2) is 42.7 Å². The highest BCUT2D eigenvalue weighted by Crippen LogP contribution is 2.29. The van der Waals surface area contributed by atoms with Crippen LogP contribution in [-0.4, -0.2) is 24.2 Å². The maximum Gasteiger partial charge on any atom is 0.122 e. The first-order chi connectivity index (χ1) is 11.4. The molecule has 0 saturated carbocycles. The summed E-state index contributed by atoms with van der Waals surface area (Å²) in [5.41, 5.74) is 3.85. The second-order valence-corrected chi connectivity index (χ2v) is 6.24. The molecule has 4 nitrogen and oxygen atoms in total. The number of aromatic nitrogens is 1. The third-order valence-electron chi connectivity index (χ3n) is 4.68. The SMILES string of the molecule is c1cc([C@H]2OCCC[C@@H]2NCc2ccc3c(c2)CCO3)ccn1. The predicted molar refractivity (Wildman–Crippen MR) is 88.4 cm³/mol. The van der Waals surface area contributed by atoms with Crippen LogP contribution < -0.4 is 10.1 Å². The van der Waals surface area contributed by atoms with Gasteiger partial charge in [0.15, 0.2) is 0 Å². The Kier molecular flexibility index (Phi) is 4.26. The van der Waals surface area contributed by atoms with Crippen LogP contribution in [0.5, 0.6) is 5.75 Å². The number of pyridine rings is 1. The number of rotatable bonds is 4. The zero-order valence-electron chi connectivity index (χ0n) is 13.2. The van der Waals surface area contributed by atoms with E-state index in [4.69, 9.17) is 9.47 Å². The van der Waals surface area contributed by atoms with Crippen molar-refractivity contribution in [1.29, 1.82) is 0 Å². The van der Waals surface area contributed by atoms with E-state index in [0.29, 0.717) is 6.04 Å². The molecular formula is C19H22N2O2. The van der Waals surface area contributed by atoms with E-state index in [1.54, 1.807) is 0 Å². The molecule has 4 rings (SSSR count). The van der Waals surface area contributed by atoms with E-state index in [2.05, 4.69) is 40.6 Å². The van der Waals surface area contributed by atoms with Gasteiger partial charge in [0, 0.05) is 38.0 Å². The first-order valence-electron chi connectivity index (χ1n) is 8.40. The molecule has 3 heterocycles. The first kappa shape index (κ1) is 14.7. The van der Waals surface area contributed by atoms with Crippen LogP contribution in [0.3, 0.4) is 0 Å². The highest BCUT2D eigenvalue weighted by Gasteiger charge is 2.27. The summed E-state index contributed by atoms with van der Waals surface area (Å²) in [6.07, 6.45) is 7.06. The van der Waals surface area contributed by atoms with E-state index >= 15 is 0 Å². The average molecular weight is 310 g/mol. The van der Waals surface area contributed by atoms with Crippen molar-refractivity contribution in [1.82, 2.24) is 10.3 Å². The lowest BCUT2D eigenvalue weighted by Crippen LogP contribution is -2.39. The molecule has 0 radical (unpaired) electrons. The van der Waals surface area contributed by atoms with Crippen molar-refractivity contribution >= 4 is 0 Å². The minimum Gasteiger partial charge on any atom is -0.493 e. The fraction of sp³-hybridized carbons (Fsp3) is 0.421. The molecular weight excluding hydrogens is 288 g/mol. The summed E-state index contributed by atoms with van der Waals surface area (Å²) in [5.74, 6) is 1.05. The van der Waals surface area contributed by atoms with E-state index in [0.717, 1.165) is 44.8 Å². The van der Waals surface area contributed by atoms with E-state index in [1.165, 1.54) is 16.7 Å². The number of hydrogen-bond donors (Lipinski definition) is 1. The van der Waals surface area contributed by atoms with Gasteiger partial charge in [-0.3, -0.25) is 4.98 Å². The lowest BCUT2D eigenvalue weighted by Gasteiger charge is -2.33. The van der Waals surface area contributed by atoms with Gasteiger partial charge in [-0.25, -0.2) is 0 Å². The number of nitrogens with one attached hydrogen (secondary N) is 1. The predicted octanol–water partition coefficient (Wildman–Crippen LogP) is 3.03. The Balaban J connectivity index is 1.44. The summed E-state index contributed by atoms with van der Waals surface area (Å²) < 4.78 is 11.6. The summed E-state index contributed by atoms with van der Waals surface area (Å²) in [5, 5.41) is 3.69. The number of benzene rings is 1. The summed E-state index contributed by atoms with van der Waals surface area (Å²) in [6.45, 7) is 2.51. The molecule has 1 fully saturated rings. The Morgan fingerprint density at radius 1 is 1.13 bits per heavy atom. The van der Waals surface area contributed by atoms with Crippen molar-refractivity contribution < 1.29 is 9.47 Å². The Labute approximate surface area is 136 Å². The molecule has 0 spiro atoms. The average Bonchev–Trinajstić information content (AvgIpc) is 3.09. The van der Waals surface area contributed by atoms with Crippen molar-refractivity contribution in [2.24, 2.45) is 0 Å². The smallest absolute Gasteiger partial charge is 0.122 e. The van der Waals surface area contributed by atoms with Gasteiger partial charge < -0.3 is 14.8 Å². The van der Waals surface area contributed by atoms with Gasteiger partial charge in [0.05, 0.1) is 12.7 Å². The van der Waals surface area contributed by atoms with Crippen LogP contribution in [0.4, 0.5) is 0 Å². The van der Waals surface area contributed by atoms with Gasteiger partial charge in [0.25, 0.3) is 0 Å². The van der Waals surface area contributed by atoms with Gasteiger partial charge in [-0.1, -0.05) is 12.1 Å². The van der Waals surface area contributed by atoms with E-state index < -0.39 is 0 Å².